The molecule has 0 bridgehead atoms. The minimum atomic E-state index is -0.884. The maximum Gasteiger partial charge on any atom is 0.307 e. The van der Waals surface area contributed by atoms with Crippen molar-refractivity contribution in [3.63, 3.8) is 0 Å². The Bertz CT molecular complexity index is 1140. The smallest absolute Gasteiger partial charge is 0.307 e. The van der Waals surface area contributed by atoms with Gasteiger partial charge in [0.05, 0.1) is 20.0 Å². The summed E-state index contributed by atoms with van der Waals surface area (Å²) in [5, 5.41) is 13.1. The Morgan fingerprint density at radius 2 is 1.71 bits per heavy atom. The lowest BCUT2D eigenvalue weighted by Gasteiger charge is -2.16. The van der Waals surface area contributed by atoms with E-state index in [2.05, 4.69) is 11.4 Å². The molecule has 178 valence electrons. The Morgan fingerprint density at radius 1 is 0.971 bits per heavy atom. The molecule has 7 heteroatoms. The maximum atomic E-state index is 12.1. The van der Waals surface area contributed by atoms with Crippen LogP contribution in [0.1, 0.15) is 28.7 Å². The molecule has 0 aliphatic carbocycles. The number of carboxylic acid groups (broad SMARTS) is 1. The molecule has 2 N–H and O–H groups in total. The molecule has 0 fully saturated rings. The third-order valence-corrected chi connectivity index (χ3v) is 5.56. The Morgan fingerprint density at radius 3 is 2.41 bits per heavy atom. The van der Waals surface area contributed by atoms with E-state index in [0.717, 1.165) is 27.8 Å². The van der Waals surface area contributed by atoms with Gasteiger partial charge in [-0.25, -0.2) is 0 Å². The first kappa shape index (κ1) is 25.3. The molecule has 3 rings (SSSR count). The largest absolute Gasteiger partial charge is 0.496 e. The van der Waals surface area contributed by atoms with Crippen molar-refractivity contribution in [2.45, 2.75) is 32.9 Å². The first-order valence-electron chi connectivity index (χ1n) is 10.9. The highest BCUT2D eigenvalue weighted by Gasteiger charge is 2.13. The van der Waals surface area contributed by atoms with E-state index in [-0.39, 0.29) is 25.4 Å². The van der Waals surface area contributed by atoms with Crippen molar-refractivity contribution in [2.75, 3.05) is 13.7 Å². The number of benzene rings is 3. The van der Waals surface area contributed by atoms with Crippen LogP contribution in [-0.2, 0) is 33.9 Å². The number of methoxy groups -OCH3 is 1. The van der Waals surface area contributed by atoms with Crippen molar-refractivity contribution in [2.24, 2.45) is 0 Å². The van der Waals surface area contributed by atoms with Crippen LogP contribution in [0.2, 0.25) is 5.02 Å². The molecule has 0 unspecified atom stereocenters. The number of hydrogen-bond donors (Lipinski definition) is 2. The molecule has 34 heavy (non-hydrogen) atoms. The van der Waals surface area contributed by atoms with Crippen molar-refractivity contribution in [1.29, 1.82) is 0 Å². The zero-order chi connectivity index (χ0) is 24.5. The SMILES string of the molecule is COc1ccc(CC(=O)O)cc1-c1cc(C)ccc1CNCCC(=O)OCc1ccc(Cl)cc1. The third kappa shape index (κ3) is 7.33. The number of ether oxygens (including phenoxy) is 2. The molecule has 0 saturated carbocycles. The lowest BCUT2D eigenvalue weighted by atomic mass is 9.94. The third-order valence-electron chi connectivity index (χ3n) is 5.31. The van der Waals surface area contributed by atoms with Gasteiger partial charge in [0.2, 0.25) is 0 Å². The number of carboxylic acids is 1. The lowest BCUT2D eigenvalue weighted by Crippen LogP contribution is -2.19. The zero-order valence-corrected chi connectivity index (χ0v) is 20.0. The van der Waals surface area contributed by atoms with E-state index in [9.17, 15) is 14.7 Å². The summed E-state index contributed by atoms with van der Waals surface area (Å²) >= 11 is 5.87. The number of esters is 1. The van der Waals surface area contributed by atoms with Gasteiger partial charge >= 0.3 is 11.9 Å². The first-order chi connectivity index (χ1) is 16.4. The minimum absolute atomic E-state index is 0.0610. The van der Waals surface area contributed by atoms with Gasteiger partial charge < -0.3 is 19.9 Å². The summed E-state index contributed by atoms with van der Waals surface area (Å²) < 4.78 is 10.9. The Balaban J connectivity index is 1.62. The monoisotopic (exact) mass is 481 g/mol. The van der Waals surface area contributed by atoms with Crippen LogP contribution in [0.4, 0.5) is 0 Å². The summed E-state index contributed by atoms with van der Waals surface area (Å²) in [6.45, 7) is 3.21. The molecule has 0 radical (unpaired) electrons. The molecule has 3 aromatic rings. The standard InChI is InChI=1S/C27H28ClNO5/c1-18-3-7-21(16-29-12-11-27(32)34-17-19-4-8-22(28)9-5-19)23(13-18)24-14-20(15-26(30)31)6-10-25(24)33-2/h3-10,13-14,29H,11-12,15-17H2,1-2H3,(H,30,31). The predicted molar refractivity (Wildman–Crippen MR) is 132 cm³/mol. The molecular formula is C27H28ClNO5. The highest BCUT2D eigenvalue weighted by Crippen LogP contribution is 2.34. The topological polar surface area (TPSA) is 84.9 Å². The average Bonchev–Trinajstić information content (AvgIpc) is 2.81. The van der Waals surface area contributed by atoms with E-state index in [1.54, 1.807) is 31.4 Å². The number of hydrogen-bond acceptors (Lipinski definition) is 5. The summed E-state index contributed by atoms with van der Waals surface area (Å²) in [6.07, 6.45) is 0.181. The van der Waals surface area contributed by atoms with Gasteiger partial charge in [-0.05, 0) is 53.4 Å². The first-order valence-corrected chi connectivity index (χ1v) is 11.3. The summed E-state index contributed by atoms with van der Waals surface area (Å²) in [5.41, 5.74) is 5.48. The van der Waals surface area contributed by atoms with Crippen molar-refractivity contribution >= 4 is 23.5 Å². The van der Waals surface area contributed by atoms with Gasteiger partial charge in [0.1, 0.15) is 12.4 Å². The summed E-state index contributed by atoms with van der Waals surface area (Å²) in [4.78, 5) is 23.3. The fourth-order valence-electron chi connectivity index (χ4n) is 3.58. The summed E-state index contributed by atoms with van der Waals surface area (Å²) in [6, 6.07) is 18.7. The second-order valence-corrected chi connectivity index (χ2v) is 8.42. The van der Waals surface area contributed by atoms with Crippen LogP contribution in [0.5, 0.6) is 5.75 Å². The van der Waals surface area contributed by atoms with Crippen molar-refractivity contribution in [1.82, 2.24) is 5.32 Å². The van der Waals surface area contributed by atoms with Gasteiger partial charge in [0.15, 0.2) is 0 Å². The van der Waals surface area contributed by atoms with Gasteiger partial charge in [-0.3, -0.25) is 9.59 Å². The molecule has 0 spiro atoms. The molecule has 0 amide bonds. The van der Waals surface area contributed by atoms with Crippen molar-refractivity contribution in [3.8, 4) is 16.9 Å². The van der Waals surface area contributed by atoms with Crippen LogP contribution in [-0.4, -0.2) is 30.7 Å². The number of carbonyl (C=O) groups is 2. The van der Waals surface area contributed by atoms with E-state index in [1.165, 1.54) is 0 Å². The normalized spacial score (nSPS) is 10.7. The fraction of sp³-hybridized carbons (Fsp3) is 0.259. The molecule has 0 aromatic heterocycles. The average molecular weight is 482 g/mol. The van der Waals surface area contributed by atoms with E-state index < -0.39 is 5.97 Å². The maximum absolute atomic E-state index is 12.1. The van der Waals surface area contributed by atoms with Gasteiger partial charge in [-0.15, -0.1) is 0 Å². The number of aryl methyl sites for hydroxylation is 1. The van der Waals surface area contributed by atoms with Crippen LogP contribution >= 0.6 is 11.6 Å². The van der Waals surface area contributed by atoms with Crippen molar-refractivity contribution < 1.29 is 24.2 Å². The summed E-state index contributed by atoms with van der Waals surface area (Å²) in [7, 11) is 1.60. The Kier molecular flexibility index (Phi) is 9.08. The van der Waals surface area contributed by atoms with E-state index >= 15 is 0 Å². The van der Waals surface area contributed by atoms with Gasteiger partial charge in [0, 0.05) is 23.7 Å². The highest BCUT2D eigenvalue weighted by molar-refractivity contribution is 6.30. The van der Waals surface area contributed by atoms with Crippen LogP contribution in [0.15, 0.2) is 60.7 Å². The van der Waals surface area contributed by atoms with Crippen LogP contribution in [0.3, 0.4) is 0 Å². The van der Waals surface area contributed by atoms with Gasteiger partial charge in [-0.1, -0.05) is 53.6 Å². The number of nitrogens with one attached hydrogen (secondary N) is 1. The van der Waals surface area contributed by atoms with E-state index in [4.69, 9.17) is 21.1 Å². The molecule has 0 aliphatic rings. The number of rotatable bonds is 11. The number of aliphatic carboxylic acids is 1. The molecule has 3 aromatic carbocycles. The van der Waals surface area contributed by atoms with E-state index in [1.807, 2.05) is 37.3 Å². The van der Waals surface area contributed by atoms with Gasteiger partial charge in [-0.2, -0.15) is 0 Å². The Labute approximate surface area is 204 Å². The minimum Gasteiger partial charge on any atom is -0.496 e. The van der Waals surface area contributed by atoms with Gasteiger partial charge in [0.25, 0.3) is 0 Å². The zero-order valence-electron chi connectivity index (χ0n) is 19.3. The second kappa shape index (κ2) is 12.2. The van der Waals surface area contributed by atoms with Crippen LogP contribution in [0, 0.1) is 6.92 Å². The summed E-state index contributed by atoms with van der Waals surface area (Å²) in [5.74, 6) is -0.494. The number of carbonyl (C=O) groups excluding carboxylic acids is 1. The highest BCUT2D eigenvalue weighted by atomic mass is 35.5. The number of halogens is 1. The Hall–Kier alpha value is -3.35. The second-order valence-electron chi connectivity index (χ2n) is 7.98. The van der Waals surface area contributed by atoms with Crippen LogP contribution < -0.4 is 10.1 Å². The predicted octanol–water partition coefficient (Wildman–Crippen LogP) is 5.17. The van der Waals surface area contributed by atoms with E-state index in [0.29, 0.717) is 29.4 Å². The lowest BCUT2D eigenvalue weighted by molar-refractivity contribution is -0.144. The molecule has 0 aliphatic heterocycles. The molecular weight excluding hydrogens is 454 g/mol. The quantitative estimate of drug-likeness (QED) is 0.290. The molecule has 0 atom stereocenters. The van der Waals surface area contributed by atoms with Crippen LogP contribution in [0.25, 0.3) is 11.1 Å². The van der Waals surface area contributed by atoms with Crippen molar-refractivity contribution in [3.05, 3.63) is 87.9 Å². The molecule has 0 heterocycles. The molecule has 0 saturated heterocycles. The molecule has 6 nitrogen and oxygen atoms in total. The fourth-order valence-corrected chi connectivity index (χ4v) is 3.70.